The van der Waals surface area contributed by atoms with E-state index in [1.165, 1.54) is 12.1 Å². The van der Waals surface area contributed by atoms with E-state index in [9.17, 15) is 18.0 Å². The minimum absolute atomic E-state index is 0.0730. The molecule has 1 aromatic heterocycles. The first-order chi connectivity index (χ1) is 9.36. The van der Waals surface area contributed by atoms with Gasteiger partial charge in [-0.1, -0.05) is 6.07 Å². The Morgan fingerprint density at radius 1 is 1.35 bits per heavy atom. The summed E-state index contributed by atoms with van der Waals surface area (Å²) in [7, 11) is 0. The van der Waals surface area contributed by atoms with Crippen molar-refractivity contribution in [2.75, 3.05) is 0 Å². The number of amides is 1. The van der Waals surface area contributed by atoms with Crippen molar-refractivity contribution < 1.29 is 27.1 Å². The highest BCUT2D eigenvalue weighted by Crippen LogP contribution is 2.31. The van der Waals surface area contributed by atoms with Gasteiger partial charge >= 0.3 is 12.3 Å². The third-order valence-corrected chi connectivity index (χ3v) is 2.24. The molecule has 2 rings (SSSR count). The Morgan fingerprint density at radius 2 is 2.10 bits per heavy atom. The molecule has 0 saturated heterocycles. The molecule has 106 valence electrons. The molecule has 0 spiro atoms. The number of primary amides is 1. The van der Waals surface area contributed by atoms with Gasteiger partial charge in [-0.2, -0.15) is 13.2 Å². The Balaban J connectivity index is 2.22. The second kappa shape index (κ2) is 5.19. The molecule has 0 bridgehead atoms. The summed E-state index contributed by atoms with van der Waals surface area (Å²) < 4.78 is 47.2. The van der Waals surface area contributed by atoms with Crippen molar-refractivity contribution in [1.82, 2.24) is 10.2 Å². The highest BCUT2D eigenvalue weighted by Gasteiger charge is 2.30. The molecule has 1 aromatic carbocycles. The van der Waals surface area contributed by atoms with Crippen LogP contribution in [0, 0.1) is 0 Å². The second-order valence-corrected chi connectivity index (χ2v) is 3.69. The predicted molar refractivity (Wildman–Crippen MR) is 59.1 cm³/mol. The van der Waals surface area contributed by atoms with Crippen molar-refractivity contribution >= 4 is 6.09 Å². The van der Waals surface area contributed by atoms with Crippen molar-refractivity contribution in [3.8, 4) is 11.5 Å². The molecule has 2 aromatic rings. The van der Waals surface area contributed by atoms with Crippen molar-refractivity contribution in [2.24, 2.45) is 5.73 Å². The zero-order chi connectivity index (χ0) is 14.8. The highest BCUT2D eigenvalue weighted by atomic mass is 19.4. The summed E-state index contributed by atoms with van der Waals surface area (Å²) in [4.78, 5) is 10.4. The number of carbonyl (C=O) groups excluding carboxylic acids is 1. The number of rotatable bonds is 3. The number of halogens is 3. The first-order valence-electron chi connectivity index (χ1n) is 5.28. The van der Waals surface area contributed by atoms with Crippen LogP contribution < -0.4 is 5.73 Å². The van der Waals surface area contributed by atoms with Crippen LogP contribution >= 0.6 is 0 Å². The molecule has 0 unspecified atom stereocenters. The summed E-state index contributed by atoms with van der Waals surface area (Å²) in [6.07, 6.45) is -5.49. The van der Waals surface area contributed by atoms with Gasteiger partial charge in [0.25, 0.3) is 5.89 Å². The van der Waals surface area contributed by atoms with Crippen LogP contribution in [-0.2, 0) is 17.5 Å². The first-order valence-corrected chi connectivity index (χ1v) is 5.28. The molecule has 0 atom stereocenters. The van der Waals surface area contributed by atoms with Crippen molar-refractivity contribution in [2.45, 2.75) is 12.8 Å². The summed E-state index contributed by atoms with van der Waals surface area (Å²) >= 11 is 0. The van der Waals surface area contributed by atoms with E-state index >= 15 is 0 Å². The predicted octanol–water partition coefficient (Wildman–Crippen LogP) is 2.35. The number of hydrogen-bond donors (Lipinski definition) is 1. The molecule has 0 aliphatic heterocycles. The number of nitrogens with zero attached hydrogens (tertiary/aromatic N) is 2. The van der Waals surface area contributed by atoms with E-state index in [0.29, 0.717) is 0 Å². The van der Waals surface area contributed by atoms with Gasteiger partial charge in [0, 0.05) is 5.56 Å². The molecule has 0 aliphatic carbocycles. The van der Waals surface area contributed by atoms with E-state index in [4.69, 9.17) is 10.2 Å². The van der Waals surface area contributed by atoms with Crippen LogP contribution in [0.1, 0.15) is 11.5 Å². The van der Waals surface area contributed by atoms with Gasteiger partial charge in [-0.25, -0.2) is 4.79 Å². The molecule has 0 radical (unpaired) electrons. The van der Waals surface area contributed by atoms with E-state index in [1.807, 2.05) is 0 Å². The van der Waals surface area contributed by atoms with E-state index in [1.54, 1.807) is 0 Å². The number of nitrogens with two attached hydrogens (primary N) is 1. The smallest absolute Gasteiger partial charge is 0.416 e. The van der Waals surface area contributed by atoms with Crippen molar-refractivity contribution in [3.05, 3.63) is 35.7 Å². The molecule has 6 nitrogen and oxygen atoms in total. The van der Waals surface area contributed by atoms with Crippen LogP contribution in [-0.4, -0.2) is 16.3 Å². The lowest BCUT2D eigenvalue weighted by Crippen LogP contribution is -2.12. The monoisotopic (exact) mass is 287 g/mol. The van der Waals surface area contributed by atoms with Gasteiger partial charge in [0.05, 0.1) is 5.56 Å². The maximum absolute atomic E-state index is 12.6. The second-order valence-electron chi connectivity index (χ2n) is 3.69. The van der Waals surface area contributed by atoms with Crippen molar-refractivity contribution in [3.63, 3.8) is 0 Å². The fourth-order valence-corrected chi connectivity index (χ4v) is 1.39. The number of aromatic nitrogens is 2. The quantitative estimate of drug-likeness (QED) is 0.935. The average molecular weight is 287 g/mol. The summed E-state index contributed by atoms with van der Waals surface area (Å²) in [6.45, 7) is -0.346. The number of carbonyl (C=O) groups is 1. The number of alkyl halides is 3. The molecule has 1 amide bonds. The van der Waals surface area contributed by atoms with Gasteiger partial charge in [0.15, 0.2) is 6.61 Å². The standard InChI is InChI=1S/C11H8F3N3O3/c12-11(13,14)7-3-1-2-6(4-7)9-17-16-8(20-9)5-19-10(15)18/h1-4H,5H2,(H2,15,18). The molecular weight excluding hydrogens is 279 g/mol. The third kappa shape index (κ3) is 3.25. The van der Waals surface area contributed by atoms with Crippen LogP contribution in [0.15, 0.2) is 28.7 Å². The molecule has 1 heterocycles. The Morgan fingerprint density at radius 3 is 2.75 bits per heavy atom. The lowest BCUT2D eigenvalue weighted by Gasteiger charge is -2.06. The minimum atomic E-state index is -4.46. The molecule has 9 heteroatoms. The summed E-state index contributed by atoms with van der Waals surface area (Å²) in [5, 5.41) is 7.10. The highest BCUT2D eigenvalue weighted by molar-refractivity contribution is 5.64. The Kier molecular flexibility index (Phi) is 3.59. The van der Waals surface area contributed by atoms with Gasteiger partial charge in [0.1, 0.15) is 0 Å². The first kappa shape index (κ1) is 13.8. The Bertz CT molecular complexity index is 625. The third-order valence-electron chi connectivity index (χ3n) is 2.24. The summed E-state index contributed by atoms with van der Waals surface area (Å²) in [5.74, 6) is -0.185. The van der Waals surface area contributed by atoms with Gasteiger partial charge in [0.2, 0.25) is 5.89 Å². The van der Waals surface area contributed by atoms with Gasteiger partial charge in [-0.05, 0) is 18.2 Å². The fourth-order valence-electron chi connectivity index (χ4n) is 1.39. The van der Waals surface area contributed by atoms with Crippen LogP contribution in [0.25, 0.3) is 11.5 Å². The lowest BCUT2D eigenvalue weighted by atomic mass is 10.1. The average Bonchev–Trinajstić information content (AvgIpc) is 2.84. The van der Waals surface area contributed by atoms with E-state index in [2.05, 4.69) is 14.9 Å². The number of ether oxygens (including phenoxy) is 1. The normalized spacial score (nSPS) is 11.3. The molecule has 0 fully saturated rings. The summed E-state index contributed by atoms with van der Waals surface area (Å²) in [5.41, 5.74) is 4.03. The topological polar surface area (TPSA) is 91.2 Å². The molecule has 20 heavy (non-hydrogen) atoms. The molecule has 0 saturated carbocycles. The molecular formula is C11H8F3N3O3. The van der Waals surface area contributed by atoms with E-state index in [-0.39, 0.29) is 24.0 Å². The van der Waals surface area contributed by atoms with Gasteiger partial charge < -0.3 is 14.9 Å². The van der Waals surface area contributed by atoms with E-state index < -0.39 is 17.8 Å². The maximum Gasteiger partial charge on any atom is 0.416 e. The zero-order valence-corrected chi connectivity index (χ0v) is 9.85. The van der Waals surface area contributed by atoms with Gasteiger partial charge in [-0.15, -0.1) is 10.2 Å². The molecule has 2 N–H and O–H groups in total. The lowest BCUT2D eigenvalue weighted by molar-refractivity contribution is -0.137. The van der Waals surface area contributed by atoms with Crippen LogP contribution in [0.2, 0.25) is 0 Å². The minimum Gasteiger partial charge on any atom is -0.440 e. The SMILES string of the molecule is NC(=O)OCc1nnc(-c2cccc(C(F)(F)F)c2)o1. The Labute approximate surface area is 110 Å². The van der Waals surface area contributed by atoms with Crippen LogP contribution in [0.3, 0.4) is 0 Å². The summed E-state index contributed by atoms with van der Waals surface area (Å²) in [6, 6.07) is 4.42. The van der Waals surface area contributed by atoms with Gasteiger partial charge in [-0.3, -0.25) is 0 Å². The number of benzene rings is 1. The van der Waals surface area contributed by atoms with Crippen LogP contribution in [0.5, 0.6) is 0 Å². The van der Waals surface area contributed by atoms with Crippen LogP contribution in [0.4, 0.5) is 18.0 Å². The number of hydrogen-bond acceptors (Lipinski definition) is 5. The van der Waals surface area contributed by atoms with Crippen molar-refractivity contribution in [1.29, 1.82) is 0 Å². The van der Waals surface area contributed by atoms with E-state index in [0.717, 1.165) is 12.1 Å². The largest absolute Gasteiger partial charge is 0.440 e. The Hall–Kier alpha value is -2.58. The fraction of sp³-hybridized carbons (Fsp3) is 0.182. The zero-order valence-electron chi connectivity index (χ0n) is 9.85. The maximum atomic E-state index is 12.6. The molecule has 0 aliphatic rings.